The smallest absolute Gasteiger partial charge is 0.109 e. The van der Waals surface area contributed by atoms with Crippen molar-refractivity contribution in [1.29, 1.82) is 0 Å². The van der Waals surface area contributed by atoms with Gasteiger partial charge >= 0.3 is 0 Å². The minimum absolute atomic E-state index is 0.0766. The first-order valence-corrected chi connectivity index (χ1v) is 10.8. The summed E-state index contributed by atoms with van der Waals surface area (Å²) >= 11 is 0. The molecule has 4 heteroatoms. The molecular weight excluding hydrogens is 344 g/mol. The van der Waals surface area contributed by atoms with Crippen LogP contribution in [0.4, 0.5) is 0 Å². The molecule has 2 heterocycles. The van der Waals surface area contributed by atoms with Crippen LogP contribution in [-0.4, -0.2) is 43.1 Å². The molecule has 0 aromatic heterocycles. The highest BCUT2D eigenvalue weighted by molar-refractivity contribution is 6.16. The largest absolute Gasteiger partial charge is 0.285 e. The molecule has 0 saturated heterocycles. The molecule has 0 fully saturated rings. The summed E-state index contributed by atoms with van der Waals surface area (Å²) in [5.74, 6) is 0.357. The van der Waals surface area contributed by atoms with Gasteiger partial charge in [0.1, 0.15) is 6.34 Å². The summed E-state index contributed by atoms with van der Waals surface area (Å²) in [5, 5.41) is 0. The van der Waals surface area contributed by atoms with Crippen molar-refractivity contribution in [2.45, 2.75) is 100 Å². The van der Waals surface area contributed by atoms with Gasteiger partial charge in [0.05, 0.1) is 18.1 Å². The van der Waals surface area contributed by atoms with E-state index in [9.17, 15) is 0 Å². The molecule has 0 aliphatic carbocycles. The third-order valence-electron chi connectivity index (χ3n) is 6.64. The zero-order chi connectivity index (χ0) is 21.4. The predicted octanol–water partition coefficient (Wildman–Crippen LogP) is 5.90. The van der Waals surface area contributed by atoms with Crippen LogP contribution in [0.5, 0.6) is 0 Å². The molecule has 0 N–H and O–H groups in total. The van der Waals surface area contributed by atoms with E-state index in [1.54, 1.807) is 6.34 Å². The van der Waals surface area contributed by atoms with Gasteiger partial charge in [0, 0.05) is 24.6 Å². The van der Waals surface area contributed by atoms with Crippen LogP contribution in [0.1, 0.15) is 82.1 Å². The van der Waals surface area contributed by atoms with E-state index in [4.69, 9.17) is 15.0 Å². The summed E-state index contributed by atoms with van der Waals surface area (Å²) in [6.45, 7) is 23.1. The number of hydrogen-bond acceptors (Lipinski definition) is 4. The fraction of sp³-hybridized carbons (Fsp3) is 0.833. The third kappa shape index (κ3) is 5.18. The van der Waals surface area contributed by atoms with Gasteiger partial charge < -0.3 is 0 Å². The minimum atomic E-state index is 0.0766. The molecule has 0 aromatic carbocycles. The molecule has 4 unspecified atom stereocenters. The van der Waals surface area contributed by atoms with Crippen LogP contribution >= 0.6 is 0 Å². The summed E-state index contributed by atoms with van der Waals surface area (Å²) in [7, 11) is 0. The second-order valence-electron chi connectivity index (χ2n) is 12.2. The fourth-order valence-electron chi connectivity index (χ4n) is 4.49. The molecule has 2 aliphatic heterocycles. The van der Waals surface area contributed by atoms with E-state index in [1.807, 2.05) is 12.4 Å². The highest BCUT2D eigenvalue weighted by atomic mass is 15.0. The first-order valence-electron chi connectivity index (χ1n) is 10.8. The van der Waals surface area contributed by atoms with Gasteiger partial charge in [0.25, 0.3) is 0 Å². The predicted molar refractivity (Wildman–Crippen MR) is 125 cm³/mol. The van der Waals surface area contributed by atoms with Gasteiger partial charge in [-0.15, -0.1) is 0 Å². The zero-order valence-electron chi connectivity index (χ0n) is 19.8. The Hall–Kier alpha value is -1.32. The molecule has 0 spiro atoms. The van der Waals surface area contributed by atoms with Crippen LogP contribution in [0.3, 0.4) is 0 Å². The van der Waals surface area contributed by atoms with Gasteiger partial charge in [-0.1, -0.05) is 69.2 Å². The summed E-state index contributed by atoms with van der Waals surface area (Å²) in [6, 6.07) is 0.688. The van der Waals surface area contributed by atoms with E-state index in [0.29, 0.717) is 5.92 Å². The van der Waals surface area contributed by atoms with Crippen LogP contribution in [0.2, 0.25) is 0 Å². The maximum Gasteiger partial charge on any atom is 0.109 e. The maximum atomic E-state index is 4.89. The molecule has 4 atom stereocenters. The van der Waals surface area contributed by atoms with Gasteiger partial charge in [-0.25, -0.2) is 4.99 Å². The van der Waals surface area contributed by atoms with Crippen LogP contribution in [0.25, 0.3) is 0 Å². The van der Waals surface area contributed by atoms with Gasteiger partial charge in [0.2, 0.25) is 0 Å². The minimum Gasteiger partial charge on any atom is -0.285 e. The SMILES string of the molecule is CC(C)(C)C1C=NC=NC1C(C)(C)CCC(C)(C)C1N=CC=NC1C(C)(C)C. The summed E-state index contributed by atoms with van der Waals surface area (Å²) in [4.78, 5) is 18.9. The van der Waals surface area contributed by atoms with E-state index >= 15 is 0 Å². The van der Waals surface area contributed by atoms with E-state index < -0.39 is 0 Å². The average Bonchev–Trinajstić information content (AvgIpc) is 2.59. The fourth-order valence-corrected chi connectivity index (χ4v) is 4.49. The molecular formula is C24H42N4. The second kappa shape index (κ2) is 7.84. The van der Waals surface area contributed by atoms with Crippen LogP contribution in [-0.2, 0) is 0 Å². The molecule has 0 amide bonds. The number of rotatable bonds is 5. The van der Waals surface area contributed by atoms with Gasteiger partial charge in [-0.2, -0.15) is 0 Å². The topological polar surface area (TPSA) is 49.4 Å². The lowest BCUT2D eigenvalue weighted by Gasteiger charge is -2.45. The normalized spacial score (nSPS) is 28.8. The van der Waals surface area contributed by atoms with Crippen LogP contribution in [0.15, 0.2) is 20.0 Å². The van der Waals surface area contributed by atoms with Crippen LogP contribution in [0, 0.1) is 27.6 Å². The van der Waals surface area contributed by atoms with Crippen molar-refractivity contribution < 1.29 is 0 Å². The van der Waals surface area contributed by atoms with E-state index in [-0.39, 0.29) is 39.8 Å². The van der Waals surface area contributed by atoms with E-state index in [1.165, 1.54) is 0 Å². The van der Waals surface area contributed by atoms with Gasteiger partial charge in [-0.05, 0) is 34.5 Å². The Morgan fingerprint density at radius 1 is 0.607 bits per heavy atom. The Morgan fingerprint density at radius 2 is 1.11 bits per heavy atom. The lowest BCUT2D eigenvalue weighted by Crippen LogP contribution is -2.47. The standard InChI is InChI=1S/C24H42N4/c1-21(2,3)17-15-25-16-28-18(17)23(7,8)11-12-24(9,10)20-19(22(4,5)6)26-13-14-27-20/h13-20H,11-12H2,1-10H3. The molecule has 0 bridgehead atoms. The lowest BCUT2D eigenvalue weighted by atomic mass is 9.63. The Labute approximate surface area is 173 Å². The van der Waals surface area contributed by atoms with Crippen molar-refractivity contribution in [2.24, 2.45) is 47.5 Å². The highest BCUT2D eigenvalue weighted by Crippen LogP contribution is 2.45. The highest BCUT2D eigenvalue weighted by Gasteiger charge is 2.45. The molecule has 0 saturated carbocycles. The van der Waals surface area contributed by atoms with E-state index in [2.05, 4.69) is 80.4 Å². The first-order chi connectivity index (χ1) is 12.7. The molecule has 2 rings (SSSR count). The van der Waals surface area contributed by atoms with Crippen molar-refractivity contribution in [3.05, 3.63) is 0 Å². The van der Waals surface area contributed by atoms with Crippen molar-refractivity contribution in [2.75, 3.05) is 0 Å². The molecule has 28 heavy (non-hydrogen) atoms. The van der Waals surface area contributed by atoms with Crippen molar-refractivity contribution in [3.63, 3.8) is 0 Å². The molecule has 0 aromatic rings. The second-order valence-corrected chi connectivity index (χ2v) is 12.2. The lowest BCUT2D eigenvalue weighted by molar-refractivity contribution is 0.116. The summed E-state index contributed by atoms with van der Waals surface area (Å²) in [5.41, 5.74) is 0.426. The number of nitrogens with zero attached hydrogens (tertiary/aromatic N) is 4. The number of hydrogen-bond donors (Lipinski definition) is 0. The quantitative estimate of drug-likeness (QED) is 0.565. The monoisotopic (exact) mass is 386 g/mol. The molecule has 158 valence electrons. The summed E-state index contributed by atoms with van der Waals surface area (Å²) < 4.78 is 0. The molecule has 2 aliphatic rings. The number of aliphatic imine (C=N–C) groups is 4. The Balaban J connectivity index is 2.16. The molecule has 0 radical (unpaired) electrons. The van der Waals surface area contributed by atoms with Crippen molar-refractivity contribution >= 4 is 25.0 Å². The average molecular weight is 387 g/mol. The van der Waals surface area contributed by atoms with E-state index in [0.717, 1.165) is 12.8 Å². The Bertz CT molecular complexity index is 595. The van der Waals surface area contributed by atoms with Gasteiger partial charge in [-0.3, -0.25) is 15.0 Å². The Morgan fingerprint density at radius 3 is 1.61 bits per heavy atom. The maximum absolute atomic E-state index is 4.89. The van der Waals surface area contributed by atoms with Crippen molar-refractivity contribution in [3.8, 4) is 0 Å². The molecule has 4 nitrogen and oxygen atoms in total. The van der Waals surface area contributed by atoms with Crippen LogP contribution < -0.4 is 0 Å². The third-order valence-corrected chi connectivity index (χ3v) is 6.64. The van der Waals surface area contributed by atoms with Crippen molar-refractivity contribution in [1.82, 2.24) is 0 Å². The summed E-state index contributed by atoms with van der Waals surface area (Å²) in [6.07, 6.45) is 9.82. The van der Waals surface area contributed by atoms with Gasteiger partial charge in [0.15, 0.2) is 0 Å². The first kappa shape index (κ1) is 23.0. The zero-order valence-corrected chi connectivity index (χ0v) is 19.8. The Kier molecular flexibility index (Phi) is 6.43.